The molecule has 0 aromatic heterocycles. The van der Waals surface area contributed by atoms with Gasteiger partial charge in [-0.05, 0) is 63.9 Å². The molecule has 1 saturated carbocycles. The second kappa shape index (κ2) is 15.0. The molecule has 0 bridgehead atoms. The maximum Gasteiger partial charge on any atom is 0.306 e. The van der Waals surface area contributed by atoms with Crippen LogP contribution in [-0.4, -0.2) is 45.7 Å². The summed E-state index contributed by atoms with van der Waals surface area (Å²) < 4.78 is 5.12. The third kappa shape index (κ3) is 10.7. The summed E-state index contributed by atoms with van der Waals surface area (Å²) in [6.45, 7) is 3.68. The van der Waals surface area contributed by atoms with Gasteiger partial charge in [0.1, 0.15) is 0 Å². The van der Waals surface area contributed by atoms with Gasteiger partial charge in [-0.2, -0.15) is 0 Å². The van der Waals surface area contributed by atoms with Gasteiger partial charge in [0.05, 0.1) is 24.4 Å². The van der Waals surface area contributed by atoms with E-state index in [0.717, 1.165) is 32.1 Å². The molecular formula is C28H42O5. The molecule has 2 rings (SSSR count). The Morgan fingerprint density at radius 3 is 2.58 bits per heavy atom. The van der Waals surface area contributed by atoms with E-state index in [1.807, 2.05) is 50.3 Å². The van der Waals surface area contributed by atoms with Crippen LogP contribution in [0.3, 0.4) is 0 Å². The second-order valence-electron chi connectivity index (χ2n) is 9.43. The molecule has 3 N–H and O–H groups in total. The van der Waals surface area contributed by atoms with Crippen LogP contribution >= 0.6 is 0 Å². The van der Waals surface area contributed by atoms with E-state index in [-0.39, 0.29) is 23.9 Å². The lowest BCUT2D eigenvalue weighted by molar-refractivity contribution is -0.147. The molecule has 33 heavy (non-hydrogen) atoms. The van der Waals surface area contributed by atoms with Crippen LogP contribution < -0.4 is 0 Å². The molecular weight excluding hydrogens is 416 g/mol. The van der Waals surface area contributed by atoms with Crippen molar-refractivity contribution in [3.63, 3.8) is 0 Å². The van der Waals surface area contributed by atoms with Crippen molar-refractivity contribution in [2.45, 2.75) is 96.1 Å². The van der Waals surface area contributed by atoms with E-state index in [1.165, 1.54) is 5.56 Å². The molecule has 5 atom stereocenters. The number of aliphatic hydroxyl groups excluding tert-OH is 3. The first-order chi connectivity index (χ1) is 15.9. The molecule has 0 saturated heterocycles. The lowest BCUT2D eigenvalue weighted by Gasteiger charge is -2.19. The van der Waals surface area contributed by atoms with E-state index in [2.05, 4.69) is 12.1 Å². The normalized spacial score (nSPS) is 24.2. The van der Waals surface area contributed by atoms with Gasteiger partial charge in [-0.15, -0.1) is 0 Å². The van der Waals surface area contributed by atoms with Gasteiger partial charge in [-0.1, -0.05) is 61.1 Å². The number of carbonyl (C=O) groups excluding carboxylic acids is 1. The minimum atomic E-state index is -0.592. The van der Waals surface area contributed by atoms with Crippen molar-refractivity contribution in [3.05, 3.63) is 60.2 Å². The van der Waals surface area contributed by atoms with Gasteiger partial charge in [-0.25, -0.2) is 0 Å². The van der Waals surface area contributed by atoms with Crippen LogP contribution in [0.4, 0.5) is 0 Å². The van der Waals surface area contributed by atoms with Crippen LogP contribution in [0.15, 0.2) is 54.6 Å². The second-order valence-corrected chi connectivity index (χ2v) is 9.43. The molecule has 1 fully saturated rings. The standard InChI is InChI=1S/C28H42O5/c1-21(2)33-28(32)17-9-4-3-8-16-24-25(27(31)20-26(24)30)19-18-23(29)15-11-10-14-22-12-6-5-7-13-22/h3,5-8,12-13,18-19,21,23-27,29-31H,4,9-11,14-17,20H2,1-2H3/t23-,24?,25?,26-,27+/m0/s1. The largest absolute Gasteiger partial charge is 0.463 e. The molecule has 5 heteroatoms. The zero-order valence-corrected chi connectivity index (χ0v) is 20.2. The monoisotopic (exact) mass is 458 g/mol. The first-order valence-electron chi connectivity index (χ1n) is 12.5. The minimum absolute atomic E-state index is 0.0660. The topological polar surface area (TPSA) is 87.0 Å². The van der Waals surface area contributed by atoms with E-state index < -0.39 is 18.3 Å². The number of ether oxygens (including phenoxy) is 1. The Morgan fingerprint density at radius 2 is 1.85 bits per heavy atom. The number of unbranched alkanes of at least 4 members (excludes halogenated alkanes) is 2. The molecule has 1 aliphatic carbocycles. The van der Waals surface area contributed by atoms with Crippen molar-refractivity contribution >= 4 is 5.97 Å². The Labute approximate surface area is 199 Å². The van der Waals surface area contributed by atoms with Gasteiger partial charge in [0.15, 0.2) is 0 Å². The highest BCUT2D eigenvalue weighted by atomic mass is 16.5. The number of carbonyl (C=O) groups is 1. The Morgan fingerprint density at radius 1 is 1.09 bits per heavy atom. The predicted octanol–water partition coefficient (Wildman–Crippen LogP) is 4.74. The molecule has 5 nitrogen and oxygen atoms in total. The number of hydrogen-bond acceptors (Lipinski definition) is 5. The molecule has 0 aliphatic heterocycles. The molecule has 0 radical (unpaired) electrons. The summed E-state index contributed by atoms with van der Waals surface area (Å²) in [6.07, 6.45) is 12.6. The van der Waals surface area contributed by atoms with Gasteiger partial charge >= 0.3 is 5.97 Å². The molecule has 184 valence electrons. The zero-order chi connectivity index (χ0) is 24.1. The van der Waals surface area contributed by atoms with Crippen LogP contribution in [0.1, 0.15) is 70.8 Å². The first-order valence-corrected chi connectivity index (χ1v) is 12.5. The number of aryl methyl sites for hydroxylation is 1. The Bertz CT molecular complexity index is 727. The van der Waals surface area contributed by atoms with Crippen LogP contribution in [0, 0.1) is 11.8 Å². The van der Waals surface area contributed by atoms with Crippen molar-refractivity contribution < 1.29 is 24.9 Å². The summed E-state index contributed by atoms with van der Waals surface area (Å²) in [4.78, 5) is 11.6. The van der Waals surface area contributed by atoms with Gasteiger partial charge in [0, 0.05) is 18.8 Å². The van der Waals surface area contributed by atoms with Crippen molar-refractivity contribution in [1.29, 1.82) is 0 Å². The average Bonchev–Trinajstić information content (AvgIpc) is 3.04. The van der Waals surface area contributed by atoms with E-state index >= 15 is 0 Å². The van der Waals surface area contributed by atoms with Crippen LogP contribution in [0.25, 0.3) is 0 Å². The lowest BCUT2D eigenvalue weighted by Crippen LogP contribution is -2.20. The summed E-state index contributed by atoms with van der Waals surface area (Å²) >= 11 is 0. The first kappa shape index (κ1) is 27.3. The summed E-state index contributed by atoms with van der Waals surface area (Å²) in [5, 5.41) is 31.1. The fourth-order valence-electron chi connectivity index (χ4n) is 4.44. The van der Waals surface area contributed by atoms with Crippen LogP contribution in [0.5, 0.6) is 0 Å². The van der Waals surface area contributed by atoms with Crippen molar-refractivity contribution in [2.24, 2.45) is 11.8 Å². The third-order valence-electron chi connectivity index (χ3n) is 6.22. The SMILES string of the molecule is CC(C)OC(=O)CCCC=CCC1C(C=C[C@@H](O)CCCCc2ccccc2)[C@H](O)C[C@@H]1O. The maximum absolute atomic E-state index is 11.6. The summed E-state index contributed by atoms with van der Waals surface area (Å²) in [6, 6.07) is 10.4. The van der Waals surface area contributed by atoms with E-state index in [0.29, 0.717) is 25.7 Å². The molecule has 2 unspecified atom stereocenters. The van der Waals surface area contributed by atoms with Crippen molar-refractivity contribution in [3.8, 4) is 0 Å². The number of hydrogen-bond donors (Lipinski definition) is 3. The van der Waals surface area contributed by atoms with Crippen molar-refractivity contribution in [1.82, 2.24) is 0 Å². The molecule has 0 spiro atoms. The summed E-state index contributed by atoms with van der Waals surface area (Å²) in [5.74, 6) is -0.398. The van der Waals surface area contributed by atoms with Crippen LogP contribution in [0.2, 0.25) is 0 Å². The summed E-state index contributed by atoms with van der Waals surface area (Å²) in [5.41, 5.74) is 1.32. The summed E-state index contributed by atoms with van der Waals surface area (Å²) in [7, 11) is 0. The number of esters is 1. The van der Waals surface area contributed by atoms with Gasteiger partial charge in [-0.3, -0.25) is 4.79 Å². The molecule has 0 amide bonds. The quantitative estimate of drug-likeness (QED) is 0.213. The van der Waals surface area contributed by atoms with E-state index in [1.54, 1.807) is 6.08 Å². The molecule has 1 aromatic rings. The Kier molecular flexibility index (Phi) is 12.4. The molecule has 1 aliphatic rings. The highest BCUT2D eigenvalue weighted by Crippen LogP contribution is 2.36. The Balaban J connectivity index is 1.70. The maximum atomic E-state index is 11.6. The predicted molar refractivity (Wildman–Crippen MR) is 132 cm³/mol. The lowest BCUT2D eigenvalue weighted by atomic mass is 9.89. The van der Waals surface area contributed by atoms with E-state index in [9.17, 15) is 20.1 Å². The fourth-order valence-corrected chi connectivity index (χ4v) is 4.44. The number of rotatable bonds is 14. The van der Waals surface area contributed by atoms with E-state index in [4.69, 9.17) is 4.74 Å². The number of allylic oxidation sites excluding steroid dienone is 2. The zero-order valence-electron chi connectivity index (χ0n) is 20.2. The van der Waals surface area contributed by atoms with Crippen molar-refractivity contribution in [2.75, 3.05) is 0 Å². The van der Waals surface area contributed by atoms with Gasteiger partial charge < -0.3 is 20.1 Å². The number of aliphatic hydroxyl groups is 3. The smallest absolute Gasteiger partial charge is 0.306 e. The van der Waals surface area contributed by atoms with Crippen LogP contribution in [-0.2, 0) is 16.0 Å². The van der Waals surface area contributed by atoms with Gasteiger partial charge in [0.2, 0.25) is 0 Å². The molecule has 0 heterocycles. The molecule has 1 aromatic carbocycles. The van der Waals surface area contributed by atoms with Gasteiger partial charge in [0.25, 0.3) is 0 Å². The highest BCUT2D eigenvalue weighted by Gasteiger charge is 2.39. The highest BCUT2D eigenvalue weighted by molar-refractivity contribution is 5.69. The minimum Gasteiger partial charge on any atom is -0.463 e. The fraction of sp³-hybridized carbons (Fsp3) is 0.607. The Hall–Kier alpha value is -1.95. The number of benzene rings is 1. The third-order valence-corrected chi connectivity index (χ3v) is 6.22. The average molecular weight is 459 g/mol.